The first-order chi connectivity index (χ1) is 11.7. The Bertz CT molecular complexity index is 893. The van der Waals surface area contributed by atoms with Gasteiger partial charge in [0.1, 0.15) is 11.5 Å². The Labute approximate surface area is 147 Å². The highest BCUT2D eigenvalue weighted by atomic mass is 27.0. The SMILES string of the molecule is CN1C(=O)COc2[c]([AlH2])cn(-c3ccc(OC(F)(F)F)cc3)c(=O)c21. The molecule has 2 heterocycles. The lowest BCUT2D eigenvalue weighted by Gasteiger charge is -2.27. The average Bonchev–Trinajstić information content (AvgIpc) is 2.53. The molecule has 1 aromatic heterocycles. The van der Waals surface area contributed by atoms with Crippen molar-refractivity contribution in [2.24, 2.45) is 0 Å². The molecule has 0 saturated heterocycles. The van der Waals surface area contributed by atoms with Gasteiger partial charge in [-0.05, 0) is 24.3 Å². The molecule has 1 aliphatic rings. The maximum Gasteiger partial charge on any atom is 0.573 e. The van der Waals surface area contributed by atoms with E-state index in [0.717, 1.165) is 16.6 Å². The molecule has 0 N–H and O–H groups in total. The van der Waals surface area contributed by atoms with Gasteiger partial charge in [0.2, 0.25) is 0 Å². The molecule has 2 aromatic rings. The van der Waals surface area contributed by atoms with Gasteiger partial charge in [-0.15, -0.1) is 13.2 Å². The second-order valence-electron chi connectivity index (χ2n) is 5.45. The molecule has 0 spiro atoms. The first-order valence-corrected chi connectivity index (χ1v) is 8.19. The van der Waals surface area contributed by atoms with Gasteiger partial charge in [-0.2, -0.15) is 0 Å². The lowest BCUT2D eigenvalue weighted by atomic mass is 10.2. The fourth-order valence-electron chi connectivity index (χ4n) is 2.54. The predicted molar refractivity (Wildman–Crippen MR) is 85.8 cm³/mol. The summed E-state index contributed by atoms with van der Waals surface area (Å²) < 4.78 is 47.9. The lowest BCUT2D eigenvalue weighted by Crippen LogP contribution is -2.43. The number of amides is 1. The first kappa shape index (κ1) is 17.4. The zero-order chi connectivity index (χ0) is 18.4. The van der Waals surface area contributed by atoms with Gasteiger partial charge in [0.25, 0.3) is 27.8 Å². The monoisotopic (exact) mass is 368 g/mol. The van der Waals surface area contributed by atoms with Crippen molar-refractivity contribution < 1.29 is 27.4 Å². The van der Waals surface area contributed by atoms with Crippen molar-refractivity contribution in [3.05, 3.63) is 40.8 Å². The van der Waals surface area contributed by atoms with E-state index in [0.29, 0.717) is 27.7 Å². The van der Waals surface area contributed by atoms with Crippen LogP contribution in [-0.4, -0.2) is 46.8 Å². The van der Waals surface area contributed by atoms with E-state index in [-0.39, 0.29) is 24.0 Å². The second kappa shape index (κ2) is 6.13. The number of fused-ring (bicyclic) bond motifs is 1. The van der Waals surface area contributed by atoms with Gasteiger partial charge >= 0.3 is 6.36 Å². The normalized spacial score (nSPS) is 14.1. The van der Waals surface area contributed by atoms with Crippen LogP contribution in [-0.2, 0) is 4.79 Å². The zero-order valence-corrected chi connectivity index (χ0v) is 15.3. The van der Waals surface area contributed by atoms with Crippen molar-refractivity contribution in [2.75, 3.05) is 18.6 Å². The number of pyridine rings is 1. The summed E-state index contributed by atoms with van der Waals surface area (Å²) in [5.41, 5.74) is -0.0140. The van der Waals surface area contributed by atoms with Gasteiger partial charge in [-0.25, -0.2) is 0 Å². The average molecular weight is 368 g/mol. The molecule has 130 valence electrons. The molecular formula is C15H12AlF3N2O4. The molecule has 0 saturated carbocycles. The fourth-order valence-corrected chi connectivity index (χ4v) is 3.18. The van der Waals surface area contributed by atoms with E-state index < -0.39 is 11.9 Å². The summed E-state index contributed by atoms with van der Waals surface area (Å²) in [7, 11) is 1.48. The molecule has 3 rings (SSSR count). The number of likely N-dealkylation sites (N-methyl/N-ethyl adjacent to an activating group) is 1. The largest absolute Gasteiger partial charge is 0.573 e. The molecule has 10 heteroatoms. The van der Waals surface area contributed by atoms with Gasteiger partial charge in [-0.3, -0.25) is 14.2 Å². The van der Waals surface area contributed by atoms with Gasteiger partial charge < -0.3 is 14.4 Å². The summed E-state index contributed by atoms with van der Waals surface area (Å²) >= 11 is 0.551. The number of hydrogen-bond donors (Lipinski definition) is 0. The van der Waals surface area contributed by atoms with E-state index in [1.54, 1.807) is 6.20 Å². The molecule has 0 unspecified atom stereocenters. The Hall–Kier alpha value is -2.44. The quantitative estimate of drug-likeness (QED) is 0.718. The first-order valence-electron chi connectivity index (χ1n) is 7.19. The van der Waals surface area contributed by atoms with Crippen molar-refractivity contribution in [1.82, 2.24) is 4.57 Å². The van der Waals surface area contributed by atoms with Gasteiger partial charge in [0.15, 0.2) is 12.3 Å². The molecule has 0 aliphatic carbocycles. The van der Waals surface area contributed by atoms with Crippen LogP contribution in [0, 0.1) is 0 Å². The highest BCUT2D eigenvalue weighted by Crippen LogP contribution is 2.27. The Balaban J connectivity index is 2.05. The molecule has 1 amide bonds. The summed E-state index contributed by atoms with van der Waals surface area (Å²) in [4.78, 5) is 25.8. The standard InChI is InChI=1S/C15H10F3N2O4.Al.2H/c1-19-12(21)8-23-11-6-7-20(14(22)13(11)19)9-2-4-10(5-3-9)24-15(16,17)18;;;/h2-5,7H,8H2,1H3;;;. The number of alkyl halides is 3. The number of rotatable bonds is 2. The van der Waals surface area contributed by atoms with Crippen LogP contribution in [0.5, 0.6) is 11.5 Å². The van der Waals surface area contributed by atoms with Crippen LogP contribution < -0.4 is 24.4 Å². The maximum atomic E-state index is 12.7. The minimum atomic E-state index is -4.78. The van der Waals surface area contributed by atoms with Crippen molar-refractivity contribution in [1.29, 1.82) is 0 Å². The van der Waals surface area contributed by atoms with Gasteiger partial charge in [0, 0.05) is 18.9 Å². The van der Waals surface area contributed by atoms with E-state index >= 15 is 0 Å². The zero-order valence-electron chi connectivity index (χ0n) is 13.3. The van der Waals surface area contributed by atoms with E-state index in [2.05, 4.69) is 4.74 Å². The Morgan fingerprint density at radius 1 is 1.20 bits per heavy atom. The summed E-state index contributed by atoms with van der Waals surface area (Å²) in [5.74, 6) is -0.353. The third-order valence-electron chi connectivity index (χ3n) is 3.72. The molecule has 0 fully saturated rings. The predicted octanol–water partition coefficient (Wildman–Crippen LogP) is 0.350. The molecule has 0 radical (unpaired) electrons. The highest BCUT2D eigenvalue weighted by molar-refractivity contribution is 6.35. The molecule has 6 nitrogen and oxygen atoms in total. The van der Waals surface area contributed by atoms with Crippen LogP contribution in [0.15, 0.2) is 35.3 Å². The minimum Gasteiger partial charge on any atom is -0.483 e. The van der Waals surface area contributed by atoms with Gasteiger partial charge in [0.05, 0.1) is 0 Å². The van der Waals surface area contributed by atoms with Crippen molar-refractivity contribution in [3.8, 4) is 17.2 Å². The summed E-state index contributed by atoms with van der Waals surface area (Å²) in [5, 5.41) is 0. The van der Waals surface area contributed by atoms with Crippen LogP contribution in [0.1, 0.15) is 0 Å². The molecule has 25 heavy (non-hydrogen) atoms. The van der Waals surface area contributed by atoms with Crippen molar-refractivity contribution >= 4 is 32.3 Å². The van der Waals surface area contributed by atoms with Crippen LogP contribution in [0.25, 0.3) is 5.69 Å². The molecule has 0 atom stereocenters. The Kier molecular flexibility index (Phi) is 4.26. The molecule has 0 bridgehead atoms. The summed E-state index contributed by atoms with van der Waals surface area (Å²) in [6, 6.07) is 4.91. The number of aromatic nitrogens is 1. The maximum absolute atomic E-state index is 12.7. The lowest BCUT2D eigenvalue weighted by molar-refractivity contribution is -0.274. The Morgan fingerprint density at radius 2 is 1.84 bits per heavy atom. The smallest absolute Gasteiger partial charge is 0.483 e. The molecule has 1 aromatic carbocycles. The number of halogens is 3. The van der Waals surface area contributed by atoms with E-state index in [9.17, 15) is 22.8 Å². The van der Waals surface area contributed by atoms with E-state index in [1.807, 2.05) is 0 Å². The Morgan fingerprint density at radius 3 is 2.44 bits per heavy atom. The van der Waals surface area contributed by atoms with Crippen LogP contribution in [0.4, 0.5) is 18.9 Å². The van der Waals surface area contributed by atoms with E-state index in [1.165, 1.54) is 28.6 Å². The van der Waals surface area contributed by atoms with Crippen LogP contribution >= 0.6 is 0 Å². The number of hydrogen-bond acceptors (Lipinski definition) is 4. The number of ether oxygens (including phenoxy) is 2. The minimum absolute atomic E-state index is 0.124. The third-order valence-corrected chi connectivity index (χ3v) is 4.43. The second-order valence-corrected chi connectivity index (χ2v) is 6.53. The summed E-state index contributed by atoms with van der Waals surface area (Å²) in [6.07, 6.45) is -3.22. The molecular weight excluding hydrogens is 356 g/mol. The fraction of sp³-hybridized carbons (Fsp3) is 0.200. The highest BCUT2D eigenvalue weighted by Gasteiger charge is 2.31. The number of anilines is 1. The summed E-state index contributed by atoms with van der Waals surface area (Å²) in [6.45, 7) is -0.133. The number of benzene rings is 1. The molecule has 1 aliphatic heterocycles. The number of nitrogens with zero attached hydrogens (tertiary/aromatic N) is 2. The number of carbonyl (C=O) groups is 1. The third kappa shape index (κ3) is 3.36. The topological polar surface area (TPSA) is 60.8 Å². The van der Waals surface area contributed by atoms with Crippen molar-refractivity contribution in [2.45, 2.75) is 6.36 Å². The van der Waals surface area contributed by atoms with Crippen molar-refractivity contribution in [3.63, 3.8) is 0 Å². The van der Waals surface area contributed by atoms with Gasteiger partial charge in [-0.1, -0.05) is 4.43 Å². The number of carbonyl (C=O) groups excluding carboxylic acids is 1. The van der Waals surface area contributed by atoms with E-state index in [4.69, 9.17) is 4.74 Å². The van der Waals surface area contributed by atoms with Crippen LogP contribution in [0.3, 0.4) is 0 Å². The van der Waals surface area contributed by atoms with Crippen LogP contribution in [0.2, 0.25) is 0 Å².